The first-order chi connectivity index (χ1) is 9.02. The number of alkyl halides is 1. The summed E-state index contributed by atoms with van der Waals surface area (Å²) in [6, 6.07) is 7.42. The molecule has 0 radical (unpaired) electrons. The van der Waals surface area contributed by atoms with E-state index in [4.69, 9.17) is 16.3 Å². The van der Waals surface area contributed by atoms with Crippen molar-refractivity contribution in [1.29, 1.82) is 0 Å². The number of hydrogen-bond acceptors (Lipinski definition) is 1. The summed E-state index contributed by atoms with van der Waals surface area (Å²) in [4.78, 5) is 0. The molecule has 0 aliphatic heterocycles. The molecule has 0 saturated heterocycles. The monoisotopic (exact) mass is 286 g/mol. The molecule has 1 unspecified atom stereocenters. The van der Waals surface area contributed by atoms with E-state index in [-0.39, 0.29) is 11.1 Å². The molecule has 5 heteroatoms. The highest BCUT2D eigenvalue weighted by molar-refractivity contribution is 6.22. The summed E-state index contributed by atoms with van der Waals surface area (Å²) in [5, 5.41) is -0.902. The van der Waals surface area contributed by atoms with E-state index in [2.05, 4.69) is 0 Å². The maximum absolute atomic E-state index is 13.8. The van der Waals surface area contributed by atoms with Crippen LogP contribution in [0.3, 0.4) is 0 Å². The van der Waals surface area contributed by atoms with Crippen LogP contribution in [0, 0.1) is 17.5 Å². The summed E-state index contributed by atoms with van der Waals surface area (Å²) in [6.45, 7) is 0. The normalized spacial score (nSPS) is 12.3. The lowest BCUT2D eigenvalue weighted by Gasteiger charge is -2.12. The van der Waals surface area contributed by atoms with E-state index < -0.39 is 22.8 Å². The molecule has 0 heterocycles. The van der Waals surface area contributed by atoms with Gasteiger partial charge in [0.1, 0.15) is 11.6 Å². The Bertz CT molecular complexity index is 601. The van der Waals surface area contributed by atoms with Crippen molar-refractivity contribution in [3.8, 4) is 5.75 Å². The molecule has 100 valence electrons. The van der Waals surface area contributed by atoms with Crippen LogP contribution in [0.2, 0.25) is 0 Å². The van der Waals surface area contributed by atoms with Crippen LogP contribution in [-0.2, 0) is 0 Å². The van der Waals surface area contributed by atoms with Gasteiger partial charge in [0.15, 0.2) is 11.6 Å². The van der Waals surface area contributed by atoms with E-state index in [9.17, 15) is 13.2 Å². The van der Waals surface area contributed by atoms with Crippen molar-refractivity contribution in [3.05, 3.63) is 65.0 Å². The van der Waals surface area contributed by atoms with Crippen LogP contribution in [0.4, 0.5) is 13.2 Å². The number of halogens is 4. The predicted octanol–water partition coefficient (Wildman–Crippen LogP) is 4.44. The summed E-state index contributed by atoms with van der Waals surface area (Å²) in [7, 11) is 1.42. The van der Waals surface area contributed by atoms with Crippen LogP contribution in [0.25, 0.3) is 0 Å². The highest BCUT2D eigenvalue weighted by atomic mass is 35.5. The molecule has 0 spiro atoms. The van der Waals surface area contributed by atoms with E-state index in [1.165, 1.54) is 25.3 Å². The van der Waals surface area contributed by atoms with E-state index in [1.807, 2.05) is 0 Å². The molecule has 1 atom stereocenters. The third kappa shape index (κ3) is 2.84. The van der Waals surface area contributed by atoms with E-state index in [0.29, 0.717) is 5.75 Å². The van der Waals surface area contributed by atoms with Gasteiger partial charge in [0.2, 0.25) is 0 Å². The molecule has 1 nitrogen and oxygen atoms in total. The van der Waals surface area contributed by atoms with Crippen molar-refractivity contribution in [2.45, 2.75) is 5.38 Å². The number of hydrogen-bond donors (Lipinski definition) is 0. The molecule has 2 aromatic rings. The number of methoxy groups -OCH3 is 1. The Hall–Kier alpha value is -1.68. The molecule has 2 rings (SSSR count). The van der Waals surface area contributed by atoms with Crippen molar-refractivity contribution in [2.75, 3.05) is 7.11 Å². The molecule has 0 N–H and O–H groups in total. The molecule has 0 amide bonds. The third-order valence-corrected chi connectivity index (χ3v) is 3.20. The van der Waals surface area contributed by atoms with Crippen LogP contribution in [0.1, 0.15) is 16.5 Å². The van der Waals surface area contributed by atoms with Gasteiger partial charge in [-0.1, -0.05) is 12.1 Å². The number of rotatable bonds is 3. The lowest BCUT2D eigenvalue weighted by molar-refractivity contribution is 0.410. The second kappa shape index (κ2) is 5.53. The molecule has 0 aliphatic rings. The zero-order valence-electron chi connectivity index (χ0n) is 9.96. The van der Waals surface area contributed by atoms with Crippen molar-refractivity contribution in [1.82, 2.24) is 0 Å². The second-order valence-corrected chi connectivity index (χ2v) is 4.36. The van der Waals surface area contributed by atoms with Gasteiger partial charge in [-0.2, -0.15) is 0 Å². The molecule has 0 aliphatic carbocycles. The highest BCUT2D eigenvalue weighted by Gasteiger charge is 2.17. The Labute approximate surface area is 113 Å². The van der Waals surface area contributed by atoms with Gasteiger partial charge in [0, 0.05) is 11.6 Å². The van der Waals surface area contributed by atoms with Crippen molar-refractivity contribution in [3.63, 3.8) is 0 Å². The first-order valence-electron chi connectivity index (χ1n) is 5.45. The summed E-state index contributed by atoms with van der Waals surface area (Å²) in [5.74, 6) is -2.20. The average Bonchev–Trinajstić information content (AvgIpc) is 2.41. The van der Waals surface area contributed by atoms with Gasteiger partial charge in [0.25, 0.3) is 0 Å². The standard InChI is InChI=1S/C14H10ClF3O/c1-19-9-3-4-10(12(17)7-9)14(15)8-2-5-11(16)13(18)6-8/h2-7,14H,1H3. The molecular weight excluding hydrogens is 277 g/mol. The van der Waals surface area contributed by atoms with Crippen molar-refractivity contribution in [2.24, 2.45) is 0 Å². The van der Waals surface area contributed by atoms with Crippen LogP contribution < -0.4 is 4.74 Å². The Kier molecular flexibility index (Phi) is 4.00. The van der Waals surface area contributed by atoms with Gasteiger partial charge in [0.05, 0.1) is 12.5 Å². The molecule has 0 fully saturated rings. The minimum Gasteiger partial charge on any atom is -0.497 e. The Balaban J connectivity index is 2.38. The summed E-state index contributed by atoms with van der Waals surface area (Å²) < 4.78 is 44.7. The van der Waals surface area contributed by atoms with E-state index >= 15 is 0 Å². The molecule has 0 saturated carbocycles. The van der Waals surface area contributed by atoms with Gasteiger partial charge >= 0.3 is 0 Å². The molecule has 0 bridgehead atoms. The fraction of sp³-hybridized carbons (Fsp3) is 0.143. The van der Waals surface area contributed by atoms with Gasteiger partial charge in [-0.15, -0.1) is 11.6 Å². The second-order valence-electron chi connectivity index (χ2n) is 3.92. The fourth-order valence-corrected chi connectivity index (χ4v) is 2.00. The number of benzene rings is 2. The quantitative estimate of drug-likeness (QED) is 0.758. The minimum atomic E-state index is -1.02. The molecule has 0 aromatic heterocycles. The largest absolute Gasteiger partial charge is 0.497 e. The van der Waals surface area contributed by atoms with Crippen LogP contribution in [0.15, 0.2) is 36.4 Å². The topological polar surface area (TPSA) is 9.23 Å². The van der Waals surface area contributed by atoms with Gasteiger partial charge in [-0.05, 0) is 23.8 Å². The van der Waals surface area contributed by atoms with E-state index in [1.54, 1.807) is 6.07 Å². The zero-order chi connectivity index (χ0) is 14.0. The average molecular weight is 287 g/mol. The maximum Gasteiger partial charge on any atom is 0.159 e. The van der Waals surface area contributed by atoms with Crippen molar-refractivity contribution < 1.29 is 17.9 Å². The van der Waals surface area contributed by atoms with Gasteiger partial charge in [-0.3, -0.25) is 0 Å². The smallest absolute Gasteiger partial charge is 0.159 e. The van der Waals surface area contributed by atoms with E-state index in [0.717, 1.165) is 12.1 Å². The first-order valence-corrected chi connectivity index (χ1v) is 5.89. The Morgan fingerprint density at radius 2 is 1.68 bits per heavy atom. The summed E-state index contributed by atoms with van der Waals surface area (Å²) >= 11 is 6.09. The Morgan fingerprint density at radius 1 is 0.947 bits per heavy atom. The summed E-state index contributed by atoms with van der Waals surface area (Å²) in [5.41, 5.74) is 0.457. The lowest BCUT2D eigenvalue weighted by atomic mass is 10.0. The zero-order valence-corrected chi connectivity index (χ0v) is 10.7. The fourth-order valence-electron chi connectivity index (χ4n) is 1.69. The van der Waals surface area contributed by atoms with Crippen LogP contribution >= 0.6 is 11.6 Å². The SMILES string of the molecule is COc1ccc(C(Cl)c2ccc(F)c(F)c2)c(F)c1. The Morgan fingerprint density at radius 3 is 2.26 bits per heavy atom. The predicted molar refractivity (Wildman–Crippen MR) is 67.0 cm³/mol. The molecule has 2 aromatic carbocycles. The summed E-state index contributed by atoms with van der Waals surface area (Å²) in [6.07, 6.45) is 0. The number of ether oxygens (including phenoxy) is 1. The highest BCUT2D eigenvalue weighted by Crippen LogP contribution is 2.32. The lowest BCUT2D eigenvalue weighted by Crippen LogP contribution is -1.99. The molecule has 19 heavy (non-hydrogen) atoms. The molecular formula is C14H10ClF3O. The van der Waals surface area contributed by atoms with Crippen LogP contribution in [0.5, 0.6) is 5.75 Å². The minimum absolute atomic E-state index is 0.175. The van der Waals surface area contributed by atoms with Crippen LogP contribution in [-0.4, -0.2) is 7.11 Å². The van der Waals surface area contributed by atoms with Gasteiger partial charge in [-0.25, -0.2) is 13.2 Å². The van der Waals surface area contributed by atoms with Gasteiger partial charge < -0.3 is 4.74 Å². The first kappa shape index (κ1) is 13.7. The maximum atomic E-state index is 13.8. The third-order valence-electron chi connectivity index (χ3n) is 2.72. The van der Waals surface area contributed by atoms with Crippen molar-refractivity contribution >= 4 is 11.6 Å².